The zero-order chi connectivity index (χ0) is 14.8. The molecule has 1 N–H and O–H groups in total. The lowest BCUT2D eigenvalue weighted by Gasteiger charge is -2.32. The lowest BCUT2D eigenvalue weighted by atomic mass is 9.94. The van der Waals surface area contributed by atoms with Crippen LogP contribution in [0.25, 0.3) is 0 Å². The number of carbonyl (C=O) groups excluding carboxylic acids is 1. The van der Waals surface area contributed by atoms with Crippen molar-refractivity contribution in [3.63, 3.8) is 0 Å². The van der Waals surface area contributed by atoms with Gasteiger partial charge in [0, 0.05) is 30.9 Å². The Morgan fingerprint density at radius 1 is 1.33 bits per heavy atom. The summed E-state index contributed by atoms with van der Waals surface area (Å²) in [5.74, 6) is 0.231. The van der Waals surface area contributed by atoms with Crippen LogP contribution in [0.15, 0.2) is 30.5 Å². The van der Waals surface area contributed by atoms with Crippen LogP contribution in [0.1, 0.15) is 34.8 Å². The molecular weight excluding hydrogens is 309 g/mol. The number of benzene rings is 1. The minimum atomic E-state index is -0.0632. The highest BCUT2D eigenvalue weighted by molar-refractivity contribution is 6.43. The van der Waals surface area contributed by atoms with E-state index < -0.39 is 0 Å². The summed E-state index contributed by atoms with van der Waals surface area (Å²) in [7, 11) is 0. The molecule has 0 unspecified atom stereocenters. The van der Waals surface area contributed by atoms with E-state index >= 15 is 0 Å². The number of halogens is 2. The first-order valence-corrected chi connectivity index (χ1v) is 7.65. The number of nitrogens with zero attached hydrogens (tertiary/aromatic N) is 2. The fourth-order valence-electron chi connectivity index (χ4n) is 2.75. The molecule has 6 heteroatoms. The van der Waals surface area contributed by atoms with Gasteiger partial charge in [-0.15, -0.1) is 0 Å². The van der Waals surface area contributed by atoms with E-state index in [0.29, 0.717) is 28.1 Å². The van der Waals surface area contributed by atoms with Crippen molar-refractivity contribution >= 4 is 29.1 Å². The maximum Gasteiger partial charge on any atom is 0.255 e. The summed E-state index contributed by atoms with van der Waals surface area (Å²) in [5, 5.41) is 7.71. The van der Waals surface area contributed by atoms with Crippen molar-refractivity contribution in [2.45, 2.75) is 18.8 Å². The van der Waals surface area contributed by atoms with Crippen molar-refractivity contribution in [1.82, 2.24) is 15.1 Å². The second-order valence-electron chi connectivity index (χ2n) is 5.20. The van der Waals surface area contributed by atoms with Crippen LogP contribution in [-0.4, -0.2) is 34.1 Å². The molecule has 1 aromatic heterocycles. The van der Waals surface area contributed by atoms with Crippen LogP contribution in [0.3, 0.4) is 0 Å². The lowest BCUT2D eigenvalue weighted by molar-refractivity contribution is 0.0706. The zero-order valence-corrected chi connectivity index (χ0v) is 12.9. The Hall–Kier alpha value is -1.52. The lowest BCUT2D eigenvalue weighted by Crippen LogP contribution is -2.39. The van der Waals surface area contributed by atoms with E-state index in [-0.39, 0.29) is 5.91 Å². The van der Waals surface area contributed by atoms with Gasteiger partial charge < -0.3 is 4.90 Å². The quantitative estimate of drug-likeness (QED) is 0.915. The number of likely N-dealkylation sites (tertiary alicyclic amines) is 1. The van der Waals surface area contributed by atoms with E-state index in [9.17, 15) is 4.79 Å². The van der Waals surface area contributed by atoms with Gasteiger partial charge in [-0.1, -0.05) is 29.3 Å². The van der Waals surface area contributed by atoms with Crippen LogP contribution >= 0.6 is 23.2 Å². The summed E-state index contributed by atoms with van der Waals surface area (Å²) >= 11 is 12.1. The normalized spacial score (nSPS) is 18.8. The molecule has 1 aliphatic rings. The van der Waals surface area contributed by atoms with E-state index in [1.54, 1.807) is 24.4 Å². The number of aromatic nitrogens is 2. The van der Waals surface area contributed by atoms with Gasteiger partial charge in [0.15, 0.2) is 0 Å². The van der Waals surface area contributed by atoms with Crippen LogP contribution in [0.5, 0.6) is 0 Å². The minimum absolute atomic E-state index is 0.0632. The van der Waals surface area contributed by atoms with Crippen LogP contribution < -0.4 is 0 Å². The summed E-state index contributed by atoms with van der Waals surface area (Å²) in [4.78, 5) is 14.5. The van der Waals surface area contributed by atoms with Crippen LogP contribution in [0, 0.1) is 0 Å². The molecule has 3 rings (SSSR count). The predicted molar refractivity (Wildman–Crippen MR) is 82.9 cm³/mol. The van der Waals surface area contributed by atoms with Crippen molar-refractivity contribution in [1.29, 1.82) is 0 Å². The number of hydrogen-bond acceptors (Lipinski definition) is 2. The van der Waals surface area contributed by atoms with Crippen LogP contribution in [0.4, 0.5) is 0 Å². The Balaban J connectivity index is 1.80. The maximum atomic E-state index is 12.6. The first kappa shape index (κ1) is 14.4. The van der Waals surface area contributed by atoms with Gasteiger partial charge in [0.1, 0.15) is 0 Å². The molecule has 1 fully saturated rings. The standard InChI is InChI=1S/C15H15Cl2N3O/c16-12-5-1-4-11(14(12)17)15(21)20-8-2-3-10(9-20)13-6-7-18-19-13/h1,4-7,10H,2-3,8-9H2,(H,18,19)/t10-/m0/s1. The number of carbonyl (C=O) groups is 1. The molecule has 0 saturated carbocycles. The number of nitrogens with one attached hydrogen (secondary N) is 1. The second kappa shape index (κ2) is 6.08. The monoisotopic (exact) mass is 323 g/mol. The van der Waals surface area contributed by atoms with Gasteiger partial charge >= 0.3 is 0 Å². The van der Waals surface area contributed by atoms with Crippen molar-refractivity contribution in [3.05, 3.63) is 51.8 Å². The molecule has 1 aromatic carbocycles. The molecule has 0 radical (unpaired) electrons. The molecule has 1 saturated heterocycles. The molecule has 1 atom stereocenters. The van der Waals surface area contributed by atoms with Crippen LogP contribution in [-0.2, 0) is 0 Å². The molecule has 110 valence electrons. The van der Waals surface area contributed by atoms with Gasteiger partial charge in [-0.25, -0.2) is 0 Å². The first-order chi connectivity index (χ1) is 10.2. The first-order valence-electron chi connectivity index (χ1n) is 6.89. The van der Waals surface area contributed by atoms with Gasteiger partial charge in [-0.3, -0.25) is 9.89 Å². The number of H-pyrrole nitrogens is 1. The summed E-state index contributed by atoms with van der Waals surface area (Å²) in [6, 6.07) is 7.11. The third-order valence-corrected chi connectivity index (χ3v) is 4.67. The van der Waals surface area contributed by atoms with Crippen molar-refractivity contribution in [2.24, 2.45) is 0 Å². The number of aromatic amines is 1. The van der Waals surface area contributed by atoms with E-state index in [4.69, 9.17) is 23.2 Å². The smallest absolute Gasteiger partial charge is 0.255 e. The molecular formula is C15H15Cl2N3O. The molecule has 0 aliphatic carbocycles. The predicted octanol–water partition coefficient (Wildman–Crippen LogP) is 3.74. The Kier molecular flexibility index (Phi) is 4.17. The van der Waals surface area contributed by atoms with Crippen molar-refractivity contribution < 1.29 is 4.79 Å². The largest absolute Gasteiger partial charge is 0.338 e. The molecule has 2 heterocycles. The van der Waals surface area contributed by atoms with Crippen LogP contribution in [0.2, 0.25) is 10.0 Å². The van der Waals surface area contributed by atoms with Crippen molar-refractivity contribution in [2.75, 3.05) is 13.1 Å². The maximum absolute atomic E-state index is 12.6. The Morgan fingerprint density at radius 3 is 2.95 bits per heavy atom. The summed E-state index contributed by atoms with van der Waals surface area (Å²) < 4.78 is 0. The highest BCUT2D eigenvalue weighted by Crippen LogP contribution is 2.30. The van der Waals surface area contributed by atoms with Gasteiger partial charge in [-0.05, 0) is 31.0 Å². The SMILES string of the molecule is O=C(c1cccc(Cl)c1Cl)N1CCC[C@H](c2ccn[nH]2)C1. The van der Waals surface area contributed by atoms with Gasteiger partial charge in [-0.2, -0.15) is 5.10 Å². The van der Waals surface area contributed by atoms with Gasteiger partial charge in [0.25, 0.3) is 5.91 Å². The Bertz CT molecular complexity index is 642. The topological polar surface area (TPSA) is 49.0 Å². The highest BCUT2D eigenvalue weighted by Gasteiger charge is 2.27. The number of hydrogen-bond donors (Lipinski definition) is 1. The minimum Gasteiger partial charge on any atom is -0.338 e. The van der Waals surface area contributed by atoms with E-state index in [0.717, 1.165) is 25.1 Å². The Morgan fingerprint density at radius 2 is 2.19 bits per heavy atom. The molecule has 1 amide bonds. The fourth-order valence-corrected chi connectivity index (χ4v) is 3.13. The van der Waals surface area contributed by atoms with E-state index in [2.05, 4.69) is 10.2 Å². The summed E-state index contributed by atoms with van der Waals surface area (Å²) in [5.41, 5.74) is 1.54. The molecule has 2 aromatic rings. The van der Waals surface area contributed by atoms with Gasteiger partial charge in [0.2, 0.25) is 0 Å². The molecule has 0 spiro atoms. The third-order valence-electron chi connectivity index (χ3n) is 3.85. The van der Waals surface area contributed by atoms with E-state index in [1.807, 2.05) is 11.0 Å². The number of piperidine rings is 1. The fraction of sp³-hybridized carbons (Fsp3) is 0.333. The third kappa shape index (κ3) is 2.92. The van der Waals surface area contributed by atoms with Gasteiger partial charge in [0.05, 0.1) is 15.6 Å². The molecule has 0 bridgehead atoms. The summed E-state index contributed by atoms with van der Waals surface area (Å²) in [6.45, 7) is 1.41. The Labute approximate surface area is 133 Å². The number of amides is 1. The van der Waals surface area contributed by atoms with Crippen molar-refractivity contribution in [3.8, 4) is 0 Å². The molecule has 1 aliphatic heterocycles. The average molecular weight is 324 g/mol. The van der Waals surface area contributed by atoms with E-state index in [1.165, 1.54) is 0 Å². The average Bonchev–Trinajstić information content (AvgIpc) is 3.04. The summed E-state index contributed by atoms with van der Waals surface area (Å²) in [6.07, 6.45) is 3.76. The highest BCUT2D eigenvalue weighted by atomic mass is 35.5. The zero-order valence-electron chi connectivity index (χ0n) is 11.4. The second-order valence-corrected chi connectivity index (χ2v) is 5.99. The molecule has 21 heavy (non-hydrogen) atoms. The molecule has 4 nitrogen and oxygen atoms in total. The number of rotatable bonds is 2.